The third-order valence-electron chi connectivity index (χ3n) is 14.0. The van der Waals surface area contributed by atoms with Gasteiger partial charge < -0.3 is 48.5 Å². The van der Waals surface area contributed by atoms with Gasteiger partial charge in [0.2, 0.25) is 11.8 Å². The van der Waals surface area contributed by atoms with Gasteiger partial charge in [0.15, 0.2) is 5.92 Å². The number of nitrogens with one attached hydrogen (secondary N) is 1. The number of morpholine rings is 2. The van der Waals surface area contributed by atoms with Crippen LogP contribution in [0.1, 0.15) is 52.4 Å². The van der Waals surface area contributed by atoms with Crippen molar-refractivity contribution in [3.8, 4) is 17.6 Å². The Morgan fingerprint density at radius 1 is 0.773 bits per heavy atom. The van der Waals surface area contributed by atoms with Crippen LogP contribution in [0.4, 0.5) is 21.9 Å². The maximum absolute atomic E-state index is 16.5. The molecule has 0 aromatic heterocycles. The third kappa shape index (κ3) is 10.0. The van der Waals surface area contributed by atoms with E-state index in [1.807, 2.05) is 77.7 Å². The molecular weight excluding hydrogens is 965 g/mol. The lowest BCUT2D eigenvalue weighted by molar-refractivity contribution is -0.178. The second-order valence-electron chi connectivity index (χ2n) is 18.1. The number of benzene rings is 5. The zero-order valence-corrected chi connectivity index (χ0v) is 41.5. The Morgan fingerprint density at radius 2 is 1.44 bits per heavy atom. The van der Waals surface area contributed by atoms with Gasteiger partial charge in [0.05, 0.1) is 64.3 Å². The van der Waals surface area contributed by atoms with Crippen molar-refractivity contribution in [1.82, 2.24) is 4.90 Å². The zero-order chi connectivity index (χ0) is 52.6. The zero-order valence-electron chi connectivity index (χ0n) is 41.5. The van der Waals surface area contributed by atoms with Crippen molar-refractivity contribution >= 4 is 52.9 Å². The summed E-state index contributed by atoms with van der Waals surface area (Å²) in [4.78, 5) is 93.0. The first-order valence-corrected chi connectivity index (χ1v) is 24.5. The van der Waals surface area contributed by atoms with Crippen LogP contribution < -0.4 is 19.9 Å². The van der Waals surface area contributed by atoms with Crippen LogP contribution in [0, 0.1) is 23.7 Å². The van der Waals surface area contributed by atoms with Gasteiger partial charge in [-0.2, -0.15) is 0 Å². The molecule has 2 N–H and O–H groups in total. The quantitative estimate of drug-likeness (QED) is 0.0425. The summed E-state index contributed by atoms with van der Waals surface area (Å²) in [6, 6.07) is 33.6. The number of amides is 3. The number of esters is 3. The number of fused-ring (bicyclic) bond motifs is 3. The molecule has 0 saturated carbocycles. The Balaban J connectivity index is 1.31. The topological polar surface area (TPSA) is 209 Å². The van der Waals surface area contributed by atoms with E-state index in [4.69, 9.17) is 33.2 Å². The van der Waals surface area contributed by atoms with E-state index in [-0.39, 0.29) is 49.7 Å². The van der Waals surface area contributed by atoms with Gasteiger partial charge in [-0.3, -0.25) is 28.9 Å². The second-order valence-corrected chi connectivity index (χ2v) is 18.1. The molecule has 3 saturated heterocycles. The maximum atomic E-state index is 16.5. The minimum Gasteiger partial charge on any atom is -0.491 e. The molecule has 3 fully saturated rings. The number of ether oxygens (including phenoxy) is 7. The highest BCUT2D eigenvalue weighted by Crippen LogP contribution is 2.66. The van der Waals surface area contributed by atoms with Gasteiger partial charge in [-0.25, -0.2) is 9.69 Å². The first kappa shape index (κ1) is 51.8. The molecule has 9 rings (SSSR count). The molecule has 0 radical (unpaired) electrons. The molecule has 6 atom stereocenters. The summed E-state index contributed by atoms with van der Waals surface area (Å²) in [5.74, 6) is -0.844. The highest BCUT2D eigenvalue weighted by molar-refractivity contribution is 6.24. The van der Waals surface area contributed by atoms with E-state index in [1.165, 1.54) is 13.2 Å². The number of hydrogen-bond acceptors (Lipinski definition) is 16. The van der Waals surface area contributed by atoms with Crippen LogP contribution in [0.15, 0.2) is 127 Å². The normalized spacial score (nSPS) is 21.9. The standard InChI is InChI=1S/C57H56N4O14/c1-69-33-34-74-56(68)60-45-26-17-36(11-10-16-43(52(64)70-2)53(65)71-3)35-44(45)57(55(60)67)46(51(63)58-40-20-22-41(23-21-40)59-27-30-72-31-28-59)48-54(66)75-49(38-14-8-5-9-15-38)47(37-12-6-4-7-13-37)61(48)50(57)39-18-24-42(25-19-39)73-32-29-62/h4-9,12-15,17-26,35,43,46-50,62H,16,27-34H2,1-3H3,(H,58,63)/t46-,47-,48-,49+,50+,57-/m0/s1. The van der Waals surface area contributed by atoms with Gasteiger partial charge >= 0.3 is 24.0 Å². The number of aliphatic hydroxyl groups is 1. The largest absolute Gasteiger partial charge is 0.491 e. The van der Waals surface area contributed by atoms with E-state index in [2.05, 4.69) is 22.1 Å². The van der Waals surface area contributed by atoms with Crippen LogP contribution in [0.2, 0.25) is 0 Å². The summed E-state index contributed by atoms with van der Waals surface area (Å²) in [5, 5.41) is 12.7. The van der Waals surface area contributed by atoms with E-state index in [1.54, 1.807) is 48.5 Å². The maximum Gasteiger partial charge on any atom is 0.421 e. The van der Waals surface area contributed by atoms with E-state index >= 15 is 14.4 Å². The summed E-state index contributed by atoms with van der Waals surface area (Å²) in [7, 11) is 3.72. The molecule has 5 aromatic rings. The molecular formula is C57H56N4O14. The molecule has 75 heavy (non-hydrogen) atoms. The Labute approximate surface area is 433 Å². The number of imide groups is 1. The highest BCUT2D eigenvalue weighted by atomic mass is 16.6. The molecule has 4 heterocycles. The number of hydrogen-bond donors (Lipinski definition) is 2. The van der Waals surface area contributed by atoms with Crippen molar-refractivity contribution in [2.24, 2.45) is 11.8 Å². The minimum absolute atomic E-state index is 0.00243. The predicted molar refractivity (Wildman–Crippen MR) is 271 cm³/mol. The van der Waals surface area contributed by atoms with E-state index < -0.39 is 77.3 Å². The van der Waals surface area contributed by atoms with Crippen LogP contribution in [0.3, 0.4) is 0 Å². The number of methoxy groups -OCH3 is 3. The minimum atomic E-state index is -2.18. The molecule has 4 aliphatic heterocycles. The number of cyclic esters (lactones) is 1. The fraction of sp³-hybridized carbons (Fsp3) is 0.333. The molecule has 0 aliphatic carbocycles. The molecule has 18 heteroatoms. The fourth-order valence-electron chi connectivity index (χ4n) is 10.8. The number of rotatable bonds is 15. The Kier molecular flexibility index (Phi) is 15.9. The van der Waals surface area contributed by atoms with Crippen molar-refractivity contribution in [3.05, 3.63) is 155 Å². The molecule has 5 aromatic carbocycles. The number of carbonyl (C=O) groups excluding carboxylic acids is 6. The van der Waals surface area contributed by atoms with Gasteiger partial charge in [0, 0.05) is 43.6 Å². The summed E-state index contributed by atoms with van der Waals surface area (Å²) in [6.07, 6.45) is -2.35. The highest BCUT2D eigenvalue weighted by Gasteiger charge is 2.76. The summed E-state index contributed by atoms with van der Waals surface area (Å²) in [6.45, 7) is 1.98. The predicted octanol–water partition coefficient (Wildman–Crippen LogP) is 5.69. The van der Waals surface area contributed by atoms with E-state index in [0.29, 0.717) is 54.4 Å². The smallest absolute Gasteiger partial charge is 0.421 e. The summed E-state index contributed by atoms with van der Waals surface area (Å²) >= 11 is 0. The Bertz CT molecular complexity index is 2940. The van der Waals surface area contributed by atoms with Crippen molar-refractivity contribution < 1.29 is 67.0 Å². The molecule has 0 bridgehead atoms. The van der Waals surface area contributed by atoms with E-state index in [0.717, 1.165) is 24.8 Å². The van der Waals surface area contributed by atoms with Gasteiger partial charge in [-0.05, 0) is 76.9 Å². The SMILES string of the molecule is COCCOC(=O)N1C(=O)[C@@]2(c3cc(C#CCC(C(=O)OC)C(=O)OC)ccc31)[C@H](C(=O)Nc1ccc(N3CCOCC3)cc1)[C@H]1C(=O)O[C@H](c3ccccc3)[C@H](c3ccccc3)N1[C@@H]2c1ccc(OCCO)cc1. The Morgan fingerprint density at radius 3 is 2.08 bits per heavy atom. The van der Waals surface area contributed by atoms with Crippen molar-refractivity contribution in [1.29, 1.82) is 0 Å². The average Bonchev–Trinajstić information content (AvgIpc) is 3.91. The van der Waals surface area contributed by atoms with Crippen LogP contribution in [-0.4, -0.2) is 126 Å². The van der Waals surface area contributed by atoms with Gasteiger partial charge in [-0.15, -0.1) is 0 Å². The lowest BCUT2D eigenvalue weighted by Crippen LogP contribution is -2.54. The first-order chi connectivity index (χ1) is 36.5. The van der Waals surface area contributed by atoms with Gasteiger partial charge in [0.1, 0.15) is 36.5 Å². The first-order valence-electron chi connectivity index (χ1n) is 24.5. The molecule has 0 unspecified atom stereocenters. The summed E-state index contributed by atoms with van der Waals surface area (Å²) in [5.41, 5.74) is 1.35. The van der Waals surface area contributed by atoms with Crippen LogP contribution in [0.25, 0.3) is 0 Å². The lowest BCUT2D eigenvalue weighted by atomic mass is 9.65. The van der Waals surface area contributed by atoms with Gasteiger partial charge in [-0.1, -0.05) is 84.6 Å². The van der Waals surface area contributed by atoms with Crippen LogP contribution >= 0.6 is 0 Å². The lowest BCUT2D eigenvalue weighted by Gasteiger charge is -2.46. The molecule has 18 nitrogen and oxygen atoms in total. The van der Waals surface area contributed by atoms with Crippen molar-refractivity contribution in [2.75, 3.05) is 89.2 Å². The van der Waals surface area contributed by atoms with E-state index in [9.17, 15) is 19.5 Å². The second kappa shape index (κ2) is 23.0. The molecule has 4 aliphatic rings. The van der Waals surface area contributed by atoms with Crippen molar-refractivity contribution in [2.45, 2.75) is 36.1 Å². The number of anilines is 3. The fourth-order valence-corrected chi connectivity index (χ4v) is 10.8. The van der Waals surface area contributed by atoms with Crippen LogP contribution in [0.5, 0.6) is 5.75 Å². The van der Waals surface area contributed by atoms with Crippen molar-refractivity contribution in [3.63, 3.8) is 0 Å². The molecule has 1 spiro atoms. The Hall–Kier alpha value is -8.08. The number of aliphatic hydroxyl groups excluding tert-OH is 1. The average molecular weight is 1020 g/mol. The monoisotopic (exact) mass is 1020 g/mol. The summed E-state index contributed by atoms with van der Waals surface area (Å²) < 4.78 is 38.6. The molecule has 388 valence electrons. The number of carbonyl (C=O) groups is 6. The van der Waals surface area contributed by atoms with Crippen LogP contribution in [-0.2, 0) is 57.8 Å². The molecule has 3 amide bonds. The van der Waals surface area contributed by atoms with Gasteiger partial charge in [0.25, 0.3) is 0 Å². The number of nitrogens with zero attached hydrogens (tertiary/aromatic N) is 3. The third-order valence-corrected chi connectivity index (χ3v) is 14.0.